The topological polar surface area (TPSA) is 12.0 Å². The Morgan fingerprint density at radius 1 is 1.18 bits per heavy atom. The summed E-state index contributed by atoms with van der Waals surface area (Å²) in [6.07, 6.45) is 10.3. The largest absolute Gasteiger partial charge is 0.320 e. The highest BCUT2D eigenvalue weighted by atomic mass is 14.8. The first-order chi connectivity index (χ1) is 5.43. The van der Waals surface area contributed by atoms with Crippen molar-refractivity contribution < 1.29 is 0 Å². The van der Waals surface area contributed by atoms with E-state index in [-0.39, 0.29) is 0 Å². The van der Waals surface area contributed by atoms with Crippen LogP contribution in [0, 0.1) is 5.92 Å². The third-order valence-electron chi connectivity index (χ3n) is 2.76. The van der Waals surface area contributed by atoms with Crippen molar-refractivity contribution in [1.82, 2.24) is 5.32 Å². The lowest BCUT2D eigenvalue weighted by atomic mass is 9.82. The average Bonchev–Trinajstić information content (AvgIpc) is 1.93. The summed E-state index contributed by atoms with van der Waals surface area (Å²) in [7, 11) is 2.03. The van der Waals surface area contributed by atoms with E-state index in [1.807, 2.05) is 7.05 Å². The molecule has 0 heterocycles. The third-order valence-corrected chi connectivity index (χ3v) is 2.76. The van der Waals surface area contributed by atoms with E-state index in [1.165, 1.54) is 51.5 Å². The lowest BCUT2D eigenvalue weighted by molar-refractivity contribution is 0.286. The molecule has 11 heavy (non-hydrogen) atoms. The Balaban J connectivity index is 1.73. The third kappa shape index (κ3) is 3.76. The second-order valence-electron chi connectivity index (χ2n) is 3.75. The first-order valence-electron chi connectivity index (χ1n) is 5.08. The van der Waals surface area contributed by atoms with E-state index in [0.29, 0.717) is 0 Å². The van der Waals surface area contributed by atoms with Crippen molar-refractivity contribution in [1.29, 1.82) is 0 Å². The molecule has 1 aliphatic rings. The van der Waals surface area contributed by atoms with Crippen molar-refractivity contribution in [2.24, 2.45) is 5.92 Å². The molecule has 0 spiro atoms. The van der Waals surface area contributed by atoms with Gasteiger partial charge in [-0.25, -0.2) is 0 Å². The predicted molar refractivity (Wildman–Crippen MR) is 49.7 cm³/mol. The molecule has 1 heteroatoms. The van der Waals surface area contributed by atoms with E-state index in [0.717, 1.165) is 5.92 Å². The van der Waals surface area contributed by atoms with E-state index >= 15 is 0 Å². The van der Waals surface area contributed by atoms with Crippen LogP contribution in [-0.2, 0) is 0 Å². The fourth-order valence-electron chi connectivity index (χ4n) is 1.69. The zero-order chi connectivity index (χ0) is 7.94. The monoisotopic (exact) mass is 155 g/mol. The molecule has 0 aromatic heterocycles. The summed E-state index contributed by atoms with van der Waals surface area (Å²) in [5.74, 6) is 1.12. The molecular formula is C10H21N. The lowest BCUT2D eigenvalue weighted by Crippen LogP contribution is -2.11. The van der Waals surface area contributed by atoms with Gasteiger partial charge in [0, 0.05) is 0 Å². The molecule has 0 aromatic rings. The minimum absolute atomic E-state index is 1.12. The van der Waals surface area contributed by atoms with E-state index in [1.54, 1.807) is 0 Å². The van der Waals surface area contributed by atoms with Gasteiger partial charge in [-0.3, -0.25) is 0 Å². The summed E-state index contributed by atoms with van der Waals surface area (Å²) in [6, 6.07) is 0. The minimum atomic E-state index is 1.12. The molecular weight excluding hydrogens is 134 g/mol. The summed E-state index contributed by atoms with van der Waals surface area (Å²) < 4.78 is 0. The summed E-state index contributed by atoms with van der Waals surface area (Å²) in [6.45, 7) is 1.20. The zero-order valence-electron chi connectivity index (χ0n) is 7.73. The molecule has 1 N–H and O–H groups in total. The molecule has 0 unspecified atom stereocenters. The Hall–Kier alpha value is -0.0400. The molecule has 1 nitrogen and oxygen atoms in total. The normalized spacial score (nSPS) is 18.3. The second-order valence-corrected chi connectivity index (χ2v) is 3.75. The van der Waals surface area contributed by atoms with Crippen molar-refractivity contribution >= 4 is 0 Å². The number of hydrogen-bond donors (Lipinski definition) is 1. The SMILES string of the molecule is CNCCCCCC1CCC1. The number of rotatable bonds is 6. The first kappa shape index (κ1) is 9.05. The van der Waals surface area contributed by atoms with Crippen LogP contribution in [0.15, 0.2) is 0 Å². The Morgan fingerprint density at radius 3 is 2.55 bits per heavy atom. The van der Waals surface area contributed by atoms with Gasteiger partial charge in [0.1, 0.15) is 0 Å². The highest BCUT2D eigenvalue weighted by molar-refractivity contribution is 4.69. The maximum atomic E-state index is 3.18. The molecule has 0 aromatic carbocycles. The van der Waals surface area contributed by atoms with Crippen molar-refractivity contribution in [2.75, 3.05) is 13.6 Å². The molecule has 1 saturated carbocycles. The van der Waals surface area contributed by atoms with Crippen molar-refractivity contribution in [3.8, 4) is 0 Å². The molecule has 66 valence electrons. The van der Waals surface area contributed by atoms with Crippen LogP contribution in [0.5, 0.6) is 0 Å². The van der Waals surface area contributed by atoms with Gasteiger partial charge in [0.2, 0.25) is 0 Å². The zero-order valence-corrected chi connectivity index (χ0v) is 7.73. The molecule has 0 amide bonds. The summed E-state index contributed by atoms with van der Waals surface area (Å²) in [5, 5.41) is 3.18. The summed E-state index contributed by atoms with van der Waals surface area (Å²) >= 11 is 0. The molecule has 0 aliphatic heterocycles. The smallest absolute Gasteiger partial charge is 0.00519 e. The van der Waals surface area contributed by atoms with Gasteiger partial charge in [-0.2, -0.15) is 0 Å². The van der Waals surface area contributed by atoms with Crippen LogP contribution in [0.3, 0.4) is 0 Å². The van der Waals surface area contributed by atoms with Gasteiger partial charge in [-0.05, 0) is 25.9 Å². The molecule has 0 atom stereocenters. The average molecular weight is 155 g/mol. The van der Waals surface area contributed by atoms with Crippen LogP contribution in [0.2, 0.25) is 0 Å². The van der Waals surface area contributed by atoms with Gasteiger partial charge in [0.15, 0.2) is 0 Å². The van der Waals surface area contributed by atoms with Gasteiger partial charge in [0.05, 0.1) is 0 Å². The predicted octanol–water partition coefficient (Wildman–Crippen LogP) is 2.57. The number of hydrogen-bond acceptors (Lipinski definition) is 1. The van der Waals surface area contributed by atoms with E-state index in [4.69, 9.17) is 0 Å². The fraction of sp³-hybridized carbons (Fsp3) is 1.00. The molecule has 1 fully saturated rings. The van der Waals surface area contributed by atoms with Gasteiger partial charge in [0.25, 0.3) is 0 Å². The molecule has 0 saturated heterocycles. The van der Waals surface area contributed by atoms with Crippen molar-refractivity contribution in [2.45, 2.75) is 44.9 Å². The van der Waals surface area contributed by atoms with Crippen molar-refractivity contribution in [3.63, 3.8) is 0 Å². The quantitative estimate of drug-likeness (QED) is 0.581. The standard InChI is InChI=1S/C10H21N/c1-11-9-4-2-3-6-10-7-5-8-10/h10-11H,2-9H2,1H3. The van der Waals surface area contributed by atoms with Gasteiger partial charge in [-0.15, -0.1) is 0 Å². The maximum absolute atomic E-state index is 3.18. The Morgan fingerprint density at radius 2 is 2.00 bits per heavy atom. The van der Waals surface area contributed by atoms with Crippen LogP contribution < -0.4 is 5.32 Å². The van der Waals surface area contributed by atoms with E-state index in [9.17, 15) is 0 Å². The van der Waals surface area contributed by atoms with E-state index < -0.39 is 0 Å². The fourth-order valence-corrected chi connectivity index (χ4v) is 1.69. The molecule has 1 rings (SSSR count). The molecule has 1 aliphatic carbocycles. The Kier molecular flexibility index (Phi) is 4.60. The minimum Gasteiger partial charge on any atom is -0.320 e. The van der Waals surface area contributed by atoms with Crippen LogP contribution in [0.4, 0.5) is 0 Å². The molecule has 0 radical (unpaired) electrons. The van der Waals surface area contributed by atoms with Gasteiger partial charge < -0.3 is 5.32 Å². The summed E-state index contributed by atoms with van der Waals surface area (Å²) in [4.78, 5) is 0. The highest BCUT2D eigenvalue weighted by Gasteiger charge is 2.15. The maximum Gasteiger partial charge on any atom is -0.00519 e. The Bertz CT molecular complexity index is 86.9. The van der Waals surface area contributed by atoms with Gasteiger partial charge in [-0.1, -0.05) is 38.5 Å². The van der Waals surface area contributed by atoms with Crippen molar-refractivity contribution in [3.05, 3.63) is 0 Å². The van der Waals surface area contributed by atoms with Gasteiger partial charge >= 0.3 is 0 Å². The van der Waals surface area contributed by atoms with E-state index in [2.05, 4.69) is 5.32 Å². The van der Waals surface area contributed by atoms with Crippen LogP contribution >= 0.6 is 0 Å². The summed E-state index contributed by atoms with van der Waals surface area (Å²) in [5.41, 5.74) is 0. The van der Waals surface area contributed by atoms with Crippen LogP contribution in [-0.4, -0.2) is 13.6 Å². The first-order valence-corrected chi connectivity index (χ1v) is 5.08. The highest BCUT2D eigenvalue weighted by Crippen LogP contribution is 2.30. The number of unbranched alkanes of at least 4 members (excludes halogenated alkanes) is 2. The Labute approximate surface area is 70.6 Å². The van der Waals surface area contributed by atoms with Crippen LogP contribution in [0.1, 0.15) is 44.9 Å². The second kappa shape index (κ2) is 5.59. The number of nitrogens with one attached hydrogen (secondary N) is 1. The lowest BCUT2D eigenvalue weighted by Gasteiger charge is -2.24. The molecule has 0 bridgehead atoms. The van der Waals surface area contributed by atoms with Crippen LogP contribution in [0.25, 0.3) is 0 Å².